The Hall–Kier alpha value is -2.63. The number of pyridine rings is 1. The number of hydrogen-bond donors (Lipinski definition) is 0. The van der Waals surface area contributed by atoms with E-state index in [-0.39, 0.29) is 18.3 Å². The molecule has 22 heavy (non-hydrogen) atoms. The van der Waals surface area contributed by atoms with E-state index in [0.29, 0.717) is 17.8 Å². The number of anilines is 1. The molecule has 1 unspecified atom stereocenters. The molecule has 2 aromatic rings. The fraction of sp³-hybridized carbons (Fsp3) is 0.312. The first-order valence-electron chi connectivity index (χ1n) is 6.95. The highest BCUT2D eigenvalue weighted by atomic mass is 16.5. The topological polar surface area (TPSA) is 68.7 Å². The Morgan fingerprint density at radius 3 is 2.86 bits per heavy atom. The van der Waals surface area contributed by atoms with Gasteiger partial charge in [0.2, 0.25) is 5.91 Å². The van der Waals surface area contributed by atoms with Crippen molar-refractivity contribution in [1.82, 2.24) is 4.98 Å². The van der Waals surface area contributed by atoms with E-state index in [0.717, 1.165) is 11.1 Å². The van der Waals surface area contributed by atoms with Crippen LogP contribution >= 0.6 is 0 Å². The lowest BCUT2D eigenvalue weighted by atomic mass is 10.1. The van der Waals surface area contributed by atoms with Crippen molar-refractivity contribution in [3.63, 3.8) is 0 Å². The minimum absolute atomic E-state index is 0.0919. The first-order chi connectivity index (χ1) is 10.7. The Kier molecular flexibility index (Phi) is 3.66. The standard InChI is InChI=1S/C16H16N2O4/c1-21-13-6-5-12(11-4-3-7-17-15(11)13)18-9-10(8-14(18)19)16(20)22-2/h3-7,10H,8-9H2,1-2H3. The Morgan fingerprint density at radius 2 is 2.14 bits per heavy atom. The van der Waals surface area contributed by atoms with Crippen LogP contribution in [0.3, 0.4) is 0 Å². The zero-order chi connectivity index (χ0) is 15.7. The molecule has 1 amide bonds. The summed E-state index contributed by atoms with van der Waals surface area (Å²) in [6.45, 7) is 0.321. The fourth-order valence-corrected chi connectivity index (χ4v) is 2.80. The van der Waals surface area contributed by atoms with Crippen LogP contribution in [0, 0.1) is 5.92 Å². The molecule has 3 rings (SSSR count). The van der Waals surface area contributed by atoms with Crippen molar-refractivity contribution in [3.05, 3.63) is 30.5 Å². The molecule has 114 valence electrons. The smallest absolute Gasteiger partial charge is 0.311 e. The van der Waals surface area contributed by atoms with Gasteiger partial charge in [0.25, 0.3) is 0 Å². The molecule has 0 bridgehead atoms. The number of fused-ring (bicyclic) bond motifs is 1. The van der Waals surface area contributed by atoms with Crippen molar-refractivity contribution in [1.29, 1.82) is 0 Å². The second-order valence-electron chi connectivity index (χ2n) is 5.12. The molecule has 0 saturated carbocycles. The highest BCUT2D eigenvalue weighted by molar-refractivity contribution is 6.07. The van der Waals surface area contributed by atoms with Crippen LogP contribution < -0.4 is 9.64 Å². The van der Waals surface area contributed by atoms with E-state index in [1.54, 1.807) is 24.3 Å². The molecule has 0 aliphatic carbocycles. The van der Waals surface area contributed by atoms with Crippen LogP contribution in [0.15, 0.2) is 30.5 Å². The lowest BCUT2D eigenvalue weighted by Crippen LogP contribution is -2.26. The Labute approximate surface area is 127 Å². The third-order valence-corrected chi connectivity index (χ3v) is 3.88. The van der Waals surface area contributed by atoms with Crippen LogP contribution in [0.5, 0.6) is 5.75 Å². The van der Waals surface area contributed by atoms with Gasteiger partial charge in [0.1, 0.15) is 11.3 Å². The SMILES string of the molecule is COC(=O)C1CC(=O)N(c2ccc(OC)c3ncccc23)C1. The third kappa shape index (κ3) is 2.26. The summed E-state index contributed by atoms with van der Waals surface area (Å²) in [4.78, 5) is 29.9. The van der Waals surface area contributed by atoms with Crippen molar-refractivity contribution in [2.45, 2.75) is 6.42 Å². The molecule has 1 atom stereocenters. The molecule has 1 aliphatic heterocycles. The number of methoxy groups -OCH3 is 2. The van der Waals surface area contributed by atoms with Gasteiger partial charge in [0.15, 0.2) is 0 Å². The molecule has 1 saturated heterocycles. The average molecular weight is 300 g/mol. The number of carbonyl (C=O) groups excluding carboxylic acids is 2. The van der Waals surface area contributed by atoms with Crippen LogP contribution in [0.4, 0.5) is 5.69 Å². The van der Waals surface area contributed by atoms with Gasteiger partial charge >= 0.3 is 5.97 Å². The first-order valence-corrected chi connectivity index (χ1v) is 6.95. The molecule has 1 aliphatic rings. The number of nitrogens with zero attached hydrogens (tertiary/aromatic N) is 2. The lowest BCUT2D eigenvalue weighted by molar-refractivity contribution is -0.145. The van der Waals surface area contributed by atoms with Gasteiger partial charge in [-0.2, -0.15) is 0 Å². The van der Waals surface area contributed by atoms with Crippen LogP contribution in [0.25, 0.3) is 10.9 Å². The van der Waals surface area contributed by atoms with Crippen molar-refractivity contribution >= 4 is 28.5 Å². The fourth-order valence-electron chi connectivity index (χ4n) is 2.80. The lowest BCUT2D eigenvalue weighted by Gasteiger charge is -2.19. The second kappa shape index (κ2) is 5.63. The zero-order valence-corrected chi connectivity index (χ0v) is 12.4. The summed E-state index contributed by atoms with van der Waals surface area (Å²) in [5.74, 6) is -0.223. The average Bonchev–Trinajstić information content (AvgIpc) is 2.94. The predicted molar refractivity (Wildman–Crippen MR) is 80.8 cm³/mol. The summed E-state index contributed by atoms with van der Waals surface area (Å²) < 4.78 is 10.0. The minimum Gasteiger partial charge on any atom is -0.494 e. The van der Waals surface area contributed by atoms with Crippen LogP contribution in [0.2, 0.25) is 0 Å². The van der Waals surface area contributed by atoms with Gasteiger partial charge in [-0.25, -0.2) is 0 Å². The van der Waals surface area contributed by atoms with Crippen LogP contribution in [-0.2, 0) is 14.3 Å². The Bertz CT molecular complexity index is 744. The van der Waals surface area contributed by atoms with E-state index < -0.39 is 5.92 Å². The monoisotopic (exact) mass is 300 g/mol. The largest absolute Gasteiger partial charge is 0.494 e. The Morgan fingerprint density at radius 1 is 1.32 bits per heavy atom. The number of benzene rings is 1. The number of carbonyl (C=O) groups is 2. The Balaban J connectivity index is 2.04. The number of rotatable bonds is 3. The van der Waals surface area contributed by atoms with Crippen molar-refractivity contribution in [2.24, 2.45) is 5.92 Å². The van der Waals surface area contributed by atoms with Crippen molar-refractivity contribution in [2.75, 3.05) is 25.7 Å². The molecule has 1 fully saturated rings. The summed E-state index contributed by atoms with van der Waals surface area (Å²) in [7, 11) is 2.92. The van der Waals surface area contributed by atoms with Gasteiger partial charge in [-0.15, -0.1) is 0 Å². The second-order valence-corrected chi connectivity index (χ2v) is 5.12. The van der Waals surface area contributed by atoms with Crippen molar-refractivity contribution in [3.8, 4) is 5.75 Å². The maximum Gasteiger partial charge on any atom is 0.311 e. The van der Waals surface area contributed by atoms with E-state index in [4.69, 9.17) is 9.47 Å². The number of hydrogen-bond acceptors (Lipinski definition) is 5. The summed E-state index contributed by atoms with van der Waals surface area (Å²) in [6.07, 6.45) is 1.85. The maximum absolute atomic E-state index is 12.3. The zero-order valence-electron chi connectivity index (χ0n) is 12.4. The van der Waals surface area contributed by atoms with E-state index in [2.05, 4.69) is 4.98 Å². The highest BCUT2D eigenvalue weighted by Crippen LogP contribution is 2.35. The predicted octanol–water partition coefficient (Wildman–Crippen LogP) is 1.77. The van der Waals surface area contributed by atoms with Gasteiger partial charge in [0, 0.05) is 24.5 Å². The van der Waals surface area contributed by atoms with E-state index in [1.807, 2.05) is 18.2 Å². The van der Waals surface area contributed by atoms with E-state index >= 15 is 0 Å². The van der Waals surface area contributed by atoms with Gasteiger partial charge in [-0.1, -0.05) is 0 Å². The molecule has 1 aromatic heterocycles. The molecular formula is C16H16N2O4. The molecule has 1 aromatic carbocycles. The van der Waals surface area contributed by atoms with E-state index in [9.17, 15) is 9.59 Å². The number of amides is 1. The van der Waals surface area contributed by atoms with E-state index in [1.165, 1.54) is 7.11 Å². The molecule has 0 spiro atoms. The molecule has 2 heterocycles. The van der Waals surface area contributed by atoms with Crippen LogP contribution in [-0.4, -0.2) is 37.6 Å². The normalized spacial score (nSPS) is 17.8. The molecule has 6 heteroatoms. The first kappa shape index (κ1) is 14.3. The van der Waals surface area contributed by atoms with Crippen molar-refractivity contribution < 1.29 is 19.1 Å². The molecular weight excluding hydrogens is 284 g/mol. The number of aromatic nitrogens is 1. The number of ether oxygens (including phenoxy) is 2. The highest BCUT2D eigenvalue weighted by Gasteiger charge is 2.36. The third-order valence-electron chi connectivity index (χ3n) is 3.88. The summed E-state index contributed by atoms with van der Waals surface area (Å²) in [5, 5.41) is 0.820. The molecule has 0 radical (unpaired) electrons. The van der Waals surface area contributed by atoms with Gasteiger partial charge in [-0.3, -0.25) is 14.6 Å². The minimum atomic E-state index is -0.425. The van der Waals surface area contributed by atoms with Crippen LogP contribution in [0.1, 0.15) is 6.42 Å². The summed E-state index contributed by atoms with van der Waals surface area (Å²) >= 11 is 0. The summed E-state index contributed by atoms with van der Waals surface area (Å²) in [6, 6.07) is 7.30. The quantitative estimate of drug-likeness (QED) is 0.808. The number of esters is 1. The van der Waals surface area contributed by atoms with Gasteiger partial charge in [-0.05, 0) is 24.3 Å². The summed E-state index contributed by atoms with van der Waals surface area (Å²) in [5.41, 5.74) is 1.43. The van der Waals surface area contributed by atoms with Gasteiger partial charge < -0.3 is 14.4 Å². The molecule has 0 N–H and O–H groups in total. The van der Waals surface area contributed by atoms with Gasteiger partial charge in [0.05, 0.1) is 25.8 Å². The maximum atomic E-state index is 12.3. The molecule has 6 nitrogen and oxygen atoms in total.